The standard InChI is InChI=1S/C22H20N4O3S/c1-28-19-11-5-4-10-17(19)26-21(24-25-22(26)30-14-20(23)27)13-29-18-12-6-8-15-7-2-3-9-16(15)18/h2-12H,13-14H2,1H3,(H2,23,27). The summed E-state index contributed by atoms with van der Waals surface area (Å²) in [6.45, 7) is 0.191. The molecule has 0 atom stereocenters. The van der Waals surface area contributed by atoms with Crippen molar-refractivity contribution in [1.82, 2.24) is 14.8 Å². The number of carbonyl (C=O) groups excluding carboxylic acids is 1. The Morgan fingerprint density at radius 1 is 1.00 bits per heavy atom. The van der Waals surface area contributed by atoms with Crippen molar-refractivity contribution < 1.29 is 14.3 Å². The Hall–Kier alpha value is -3.52. The van der Waals surface area contributed by atoms with Gasteiger partial charge in [0.25, 0.3) is 0 Å². The minimum atomic E-state index is -0.428. The van der Waals surface area contributed by atoms with E-state index >= 15 is 0 Å². The number of ether oxygens (including phenoxy) is 2. The number of primary amides is 1. The monoisotopic (exact) mass is 420 g/mol. The summed E-state index contributed by atoms with van der Waals surface area (Å²) >= 11 is 1.22. The Labute approximate surface area is 177 Å². The molecule has 1 aromatic heterocycles. The third kappa shape index (κ3) is 4.08. The Bertz CT molecular complexity index is 1190. The van der Waals surface area contributed by atoms with Gasteiger partial charge < -0.3 is 15.2 Å². The molecule has 1 amide bonds. The first kappa shape index (κ1) is 19.8. The minimum absolute atomic E-state index is 0.0947. The van der Waals surface area contributed by atoms with Crippen molar-refractivity contribution in [1.29, 1.82) is 0 Å². The first-order chi connectivity index (χ1) is 14.7. The van der Waals surface area contributed by atoms with E-state index in [9.17, 15) is 4.79 Å². The molecule has 0 bridgehead atoms. The topological polar surface area (TPSA) is 92.3 Å². The van der Waals surface area contributed by atoms with Crippen LogP contribution in [0.25, 0.3) is 16.5 Å². The number of amides is 1. The summed E-state index contributed by atoms with van der Waals surface area (Å²) in [5, 5.41) is 11.2. The molecule has 1 heterocycles. The molecular formula is C22H20N4O3S. The fourth-order valence-corrected chi connectivity index (χ4v) is 3.85. The first-order valence-electron chi connectivity index (χ1n) is 9.26. The Balaban J connectivity index is 1.70. The van der Waals surface area contributed by atoms with Crippen molar-refractivity contribution in [2.24, 2.45) is 5.73 Å². The summed E-state index contributed by atoms with van der Waals surface area (Å²) in [5.41, 5.74) is 6.07. The summed E-state index contributed by atoms with van der Waals surface area (Å²) < 4.78 is 13.5. The van der Waals surface area contributed by atoms with E-state index in [-0.39, 0.29) is 12.4 Å². The van der Waals surface area contributed by atoms with Crippen LogP contribution in [0.15, 0.2) is 71.9 Å². The third-order valence-electron chi connectivity index (χ3n) is 4.48. The van der Waals surface area contributed by atoms with Crippen molar-refractivity contribution in [3.8, 4) is 17.2 Å². The number of rotatable bonds is 8. The molecule has 0 aliphatic heterocycles. The van der Waals surface area contributed by atoms with Crippen LogP contribution in [0.5, 0.6) is 11.5 Å². The highest BCUT2D eigenvalue weighted by atomic mass is 32.2. The highest BCUT2D eigenvalue weighted by Gasteiger charge is 2.19. The molecular weight excluding hydrogens is 400 g/mol. The number of thioether (sulfide) groups is 1. The number of nitrogens with zero attached hydrogens (tertiary/aromatic N) is 3. The molecule has 0 fully saturated rings. The predicted octanol–water partition coefficient (Wildman–Crippen LogP) is 3.59. The molecule has 0 spiro atoms. The largest absolute Gasteiger partial charge is 0.495 e. The van der Waals surface area contributed by atoms with Gasteiger partial charge in [-0.3, -0.25) is 9.36 Å². The van der Waals surface area contributed by atoms with Gasteiger partial charge in [-0.15, -0.1) is 10.2 Å². The van der Waals surface area contributed by atoms with Gasteiger partial charge in [0.2, 0.25) is 5.91 Å². The molecule has 0 saturated heterocycles. The van der Waals surface area contributed by atoms with E-state index in [4.69, 9.17) is 15.2 Å². The van der Waals surface area contributed by atoms with Gasteiger partial charge in [-0.05, 0) is 23.6 Å². The molecule has 4 rings (SSSR count). The van der Waals surface area contributed by atoms with Gasteiger partial charge in [0.1, 0.15) is 18.1 Å². The SMILES string of the molecule is COc1ccccc1-n1c(COc2cccc3ccccc23)nnc1SCC(N)=O. The number of carbonyl (C=O) groups is 1. The second kappa shape index (κ2) is 8.87. The fraction of sp³-hybridized carbons (Fsp3) is 0.136. The summed E-state index contributed by atoms with van der Waals surface area (Å²) in [7, 11) is 1.60. The minimum Gasteiger partial charge on any atom is -0.495 e. The van der Waals surface area contributed by atoms with Crippen LogP contribution < -0.4 is 15.2 Å². The van der Waals surface area contributed by atoms with Crippen LogP contribution in [0.4, 0.5) is 0 Å². The van der Waals surface area contributed by atoms with E-state index in [1.54, 1.807) is 7.11 Å². The van der Waals surface area contributed by atoms with Gasteiger partial charge in [0.05, 0.1) is 18.6 Å². The molecule has 152 valence electrons. The number of aromatic nitrogens is 3. The highest BCUT2D eigenvalue weighted by molar-refractivity contribution is 7.99. The van der Waals surface area contributed by atoms with Gasteiger partial charge >= 0.3 is 0 Å². The van der Waals surface area contributed by atoms with Crippen LogP contribution in [-0.2, 0) is 11.4 Å². The number of benzene rings is 3. The quantitative estimate of drug-likeness (QED) is 0.438. The Morgan fingerprint density at radius 2 is 1.73 bits per heavy atom. The van der Waals surface area contributed by atoms with Crippen molar-refractivity contribution in [3.05, 3.63) is 72.6 Å². The summed E-state index contributed by atoms with van der Waals surface area (Å²) in [6.07, 6.45) is 0. The van der Waals surface area contributed by atoms with Crippen molar-refractivity contribution >= 4 is 28.4 Å². The van der Waals surface area contributed by atoms with Crippen LogP contribution in [-0.4, -0.2) is 33.5 Å². The number of hydrogen-bond acceptors (Lipinski definition) is 6. The lowest BCUT2D eigenvalue weighted by Crippen LogP contribution is -2.14. The zero-order chi connectivity index (χ0) is 20.9. The third-order valence-corrected chi connectivity index (χ3v) is 5.43. The maximum absolute atomic E-state index is 11.3. The van der Waals surface area contributed by atoms with E-state index in [2.05, 4.69) is 10.2 Å². The van der Waals surface area contributed by atoms with Crippen LogP contribution in [0, 0.1) is 0 Å². The number of nitrogens with two attached hydrogens (primary N) is 1. The number of para-hydroxylation sites is 2. The predicted molar refractivity (Wildman–Crippen MR) is 116 cm³/mol. The second-order valence-electron chi connectivity index (χ2n) is 6.43. The summed E-state index contributed by atoms with van der Waals surface area (Å²) in [6, 6.07) is 21.5. The summed E-state index contributed by atoms with van der Waals surface area (Å²) in [5.74, 6) is 1.67. The lowest BCUT2D eigenvalue weighted by atomic mass is 10.1. The molecule has 0 saturated carbocycles. The lowest BCUT2D eigenvalue weighted by molar-refractivity contribution is -0.115. The Morgan fingerprint density at radius 3 is 2.57 bits per heavy atom. The molecule has 3 aromatic carbocycles. The van der Waals surface area contributed by atoms with E-state index in [1.165, 1.54) is 11.8 Å². The van der Waals surface area contributed by atoms with Crippen molar-refractivity contribution in [2.75, 3.05) is 12.9 Å². The second-order valence-corrected chi connectivity index (χ2v) is 7.37. The summed E-state index contributed by atoms with van der Waals surface area (Å²) in [4.78, 5) is 11.3. The highest BCUT2D eigenvalue weighted by Crippen LogP contribution is 2.30. The molecule has 7 nitrogen and oxygen atoms in total. The average molecular weight is 420 g/mol. The molecule has 4 aromatic rings. The fourth-order valence-electron chi connectivity index (χ4n) is 3.14. The van der Waals surface area contributed by atoms with Gasteiger partial charge in [-0.25, -0.2) is 0 Å². The van der Waals surface area contributed by atoms with E-state index in [0.29, 0.717) is 16.7 Å². The zero-order valence-corrected chi connectivity index (χ0v) is 17.1. The van der Waals surface area contributed by atoms with Crippen LogP contribution in [0.2, 0.25) is 0 Å². The van der Waals surface area contributed by atoms with Crippen molar-refractivity contribution in [2.45, 2.75) is 11.8 Å². The molecule has 8 heteroatoms. The zero-order valence-electron chi connectivity index (χ0n) is 16.3. The number of fused-ring (bicyclic) bond motifs is 1. The van der Waals surface area contributed by atoms with Crippen LogP contribution in [0.3, 0.4) is 0 Å². The normalized spacial score (nSPS) is 10.8. The number of methoxy groups -OCH3 is 1. The van der Waals surface area contributed by atoms with Crippen LogP contribution >= 0.6 is 11.8 Å². The van der Waals surface area contributed by atoms with Crippen LogP contribution in [0.1, 0.15) is 5.82 Å². The average Bonchev–Trinajstić information content (AvgIpc) is 3.18. The molecule has 30 heavy (non-hydrogen) atoms. The van der Waals surface area contributed by atoms with Gasteiger partial charge in [-0.1, -0.05) is 60.3 Å². The van der Waals surface area contributed by atoms with Gasteiger partial charge in [0.15, 0.2) is 11.0 Å². The first-order valence-corrected chi connectivity index (χ1v) is 10.3. The lowest BCUT2D eigenvalue weighted by Gasteiger charge is -2.14. The smallest absolute Gasteiger partial charge is 0.227 e. The van der Waals surface area contributed by atoms with Gasteiger partial charge in [0, 0.05) is 5.39 Å². The van der Waals surface area contributed by atoms with Crippen molar-refractivity contribution in [3.63, 3.8) is 0 Å². The molecule has 0 aliphatic rings. The van der Waals surface area contributed by atoms with E-state index in [1.807, 2.05) is 71.3 Å². The number of hydrogen-bond donors (Lipinski definition) is 1. The van der Waals surface area contributed by atoms with E-state index in [0.717, 1.165) is 22.2 Å². The maximum atomic E-state index is 11.3. The Kier molecular flexibility index (Phi) is 5.85. The molecule has 0 aliphatic carbocycles. The maximum Gasteiger partial charge on any atom is 0.227 e. The van der Waals surface area contributed by atoms with Gasteiger partial charge in [-0.2, -0.15) is 0 Å². The molecule has 0 unspecified atom stereocenters. The molecule has 2 N–H and O–H groups in total. The van der Waals surface area contributed by atoms with E-state index < -0.39 is 5.91 Å². The molecule has 0 radical (unpaired) electrons.